The van der Waals surface area contributed by atoms with Crippen molar-refractivity contribution in [3.63, 3.8) is 0 Å². The van der Waals surface area contributed by atoms with Gasteiger partial charge in [-0.2, -0.15) is 0 Å². The van der Waals surface area contributed by atoms with Crippen molar-refractivity contribution in [2.24, 2.45) is 16.7 Å². The van der Waals surface area contributed by atoms with Crippen molar-refractivity contribution in [2.75, 3.05) is 13.1 Å². The number of nitrogens with zero attached hydrogens (tertiary/aromatic N) is 4. The highest BCUT2D eigenvalue weighted by atomic mass is 32.1. The van der Waals surface area contributed by atoms with Crippen LogP contribution >= 0.6 is 22.7 Å². The molecule has 1 aliphatic carbocycles. The molecule has 0 spiro atoms. The van der Waals surface area contributed by atoms with E-state index in [0.29, 0.717) is 13.0 Å². The van der Waals surface area contributed by atoms with E-state index >= 15 is 0 Å². The summed E-state index contributed by atoms with van der Waals surface area (Å²) < 4.78 is 0. The third-order valence-corrected chi connectivity index (χ3v) is 12.7. The van der Waals surface area contributed by atoms with E-state index in [0.717, 1.165) is 87.1 Å². The number of amides is 3. The molecule has 1 saturated carbocycles. The van der Waals surface area contributed by atoms with E-state index in [2.05, 4.69) is 74.6 Å². The highest BCUT2D eigenvalue weighted by Crippen LogP contribution is 2.41. The van der Waals surface area contributed by atoms with E-state index < -0.39 is 6.04 Å². The maximum Gasteiger partial charge on any atom is 0.246 e. The van der Waals surface area contributed by atoms with E-state index in [9.17, 15) is 14.4 Å². The second-order valence-electron chi connectivity index (χ2n) is 17.0. The molecule has 10 heteroatoms. The van der Waals surface area contributed by atoms with Crippen molar-refractivity contribution in [3.05, 3.63) is 70.9 Å². The standard InChI is InChI=1S/C42H51N5O3S2/c1-41(2,3)23-35(48)46-21-7-9-31(46)38-43-24-33(51-38)28-15-11-26(12-16-28)27-13-17-29(18-14-27)34-25-44-39(52-34)32-10-8-22-47(32)40(50)36(42(4,5)6)45-37(49)30-19-20-30/h11-18,24-25,30-32,36H,7-10,19-23H2,1-6H3,(H,45,49)/t31-,32-,36-/m0/s1. The lowest BCUT2D eigenvalue weighted by Crippen LogP contribution is -2.54. The van der Waals surface area contributed by atoms with Crippen LogP contribution in [-0.4, -0.2) is 56.6 Å². The lowest BCUT2D eigenvalue weighted by molar-refractivity contribution is -0.140. The van der Waals surface area contributed by atoms with Crippen LogP contribution in [-0.2, 0) is 14.4 Å². The highest BCUT2D eigenvalue weighted by Gasteiger charge is 2.43. The summed E-state index contributed by atoms with van der Waals surface area (Å²) >= 11 is 3.35. The zero-order valence-corrected chi connectivity index (χ0v) is 32.9. The van der Waals surface area contributed by atoms with Gasteiger partial charge in [0.05, 0.1) is 21.8 Å². The van der Waals surface area contributed by atoms with Crippen LogP contribution < -0.4 is 5.32 Å². The average molecular weight is 738 g/mol. The molecule has 0 bridgehead atoms. The van der Waals surface area contributed by atoms with Crippen LogP contribution in [0.15, 0.2) is 60.9 Å². The third-order valence-electron chi connectivity index (χ3n) is 10.4. The van der Waals surface area contributed by atoms with Gasteiger partial charge in [-0.25, -0.2) is 9.97 Å². The normalized spacial score (nSPS) is 20.0. The summed E-state index contributed by atoms with van der Waals surface area (Å²) in [7, 11) is 0. The minimum atomic E-state index is -0.556. The number of hydrogen-bond acceptors (Lipinski definition) is 7. The second-order valence-corrected chi connectivity index (χ2v) is 19.2. The Labute approximate surface area is 316 Å². The van der Waals surface area contributed by atoms with Gasteiger partial charge in [0, 0.05) is 37.8 Å². The monoisotopic (exact) mass is 737 g/mol. The molecule has 2 aliphatic heterocycles. The Morgan fingerprint density at radius 3 is 1.63 bits per heavy atom. The summed E-state index contributed by atoms with van der Waals surface area (Å²) in [5.74, 6) is 0.288. The van der Waals surface area contributed by atoms with E-state index in [-0.39, 0.29) is 46.6 Å². The first-order chi connectivity index (χ1) is 24.7. The highest BCUT2D eigenvalue weighted by molar-refractivity contribution is 7.15. The number of nitrogens with one attached hydrogen (secondary N) is 1. The number of likely N-dealkylation sites (tertiary alicyclic amines) is 2. The van der Waals surface area contributed by atoms with Gasteiger partial charge in [0.15, 0.2) is 0 Å². The number of benzene rings is 2. The summed E-state index contributed by atoms with van der Waals surface area (Å²) in [4.78, 5) is 55.4. The van der Waals surface area contributed by atoms with Gasteiger partial charge in [0.25, 0.3) is 0 Å². The Kier molecular flexibility index (Phi) is 10.2. The first-order valence-electron chi connectivity index (χ1n) is 18.8. The molecule has 1 N–H and O–H groups in total. The second kappa shape index (κ2) is 14.5. The fraction of sp³-hybridized carbons (Fsp3) is 0.500. The number of rotatable bonds is 9. The number of thiazole rings is 2. The molecule has 2 aromatic heterocycles. The van der Waals surface area contributed by atoms with Gasteiger partial charge in [-0.05, 0) is 71.6 Å². The van der Waals surface area contributed by atoms with Gasteiger partial charge >= 0.3 is 0 Å². The maximum absolute atomic E-state index is 13.9. The van der Waals surface area contributed by atoms with Crippen molar-refractivity contribution in [2.45, 2.75) is 105 Å². The topological polar surface area (TPSA) is 95.5 Å². The summed E-state index contributed by atoms with van der Waals surface area (Å²) in [6, 6.07) is 16.7. The molecule has 4 heterocycles. The molecule has 3 amide bonds. The van der Waals surface area contributed by atoms with E-state index in [1.165, 1.54) is 0 Å². The average Bonchev–Trinajstić information content (AvgIpc) is 3.55. The van der Waals surface area contributed by atoms with Crippen LogP contribution in [0.5, 0.6) is 0 Å². The Morgan fingerprint density at radius 2 is 1.17 bits per heavy atom. The number of hydrogen-bond donors (Lipinski definition) is 1. The SMILES string of the molecule is CC(C)(C)CC(=O)N1CCC[C@H]1c1ncc(-c2ccc(-c3ccc(-c4cnc([C@@H]5CCCN5C(=O)[C@H](NC(=O)C5CC5)C(C)(C)C)s4)cc3)cc2)s1. The van der Waals surface area contributed by atoms with Crippen LogP contribution in [0.25, 0.3) is 32.0 Å². The summed E-state index contributed by atoms with van der Waals surface area (Å²) in [5, 5.41) is 5.07. The van der Waals surface area contributed by atoms with Crippen molar-refractivity contribution in [1.29, 1.82) is 0 Å². The molecule has 0 radical (unpaired) electrons. The fourth-order valence-corrected chi connectivity index (χ4v) is 9.53. The summed E-state index contributed by atoms with van der Waals surface area (Å²) in [6.45, 7) is 13.9. The molecule has 3 atom stereocenters. The number of carbonyl (C=O) groups excluding carboxylic acids is 3. The van der Waals surface area contributed by atoms with Crippen LogP contribution in [0, 0.1) is 16.7 Å². The summed E-state index contributed by atoms with van der Waals surface area (Å²) in [6.07, 6.45) is 10.0. The lowest BCUT2D eigenvalue weighted by atomic mass is 9.85. The van der Waals surface area contributed by atoms with Gasteiger partial charge < -0.3 is 15.1 Å². The van der Waals surface area contributed by atoms with Gasteiger partial charge in [-0.15, -0.1) is 22.7 Å². The largest absolute Gasteiger partial charge is 0.344 e. The fourth-order valence-electron chi connectivity index (χ4n) is 7.39. The smallest absolute Gasteiger partial charge is 0.246 e. The molecular formula is C42H51N5O3S2. The molecule has 8 nitrogen and oxygen atoms in total. The molecule has 3 fully saturated rings. The molecular weight excluding hydrogens is 687 g/mol. The molecule has 2 saturated heterocycles. The van der Waals surface area contributed by atoms with E-state index in [1.807, 2.05) is 43.0 Å². The molecule has 0 unspecified atom stereocenters. The number of aromatic nitrogens is 2. The Morgan fingerprint density at radius 1 is 0.712 bits per heavy atom. The van der Waals surface area contributed by atoms with Crippen molar-refractivity contribution in [1.82, 2.24) is 25.1 Å². The first-order valence-corrected chi connectivity index (χ1v) is 20.4. The Balaban J connectivity index is 1.00. The first kappa shape index (κ1) is 36.5. The van der Waals surface area contributed by atoms with Crippen LogP contribution in [0.4, 0.5) is 0 Å². The van der Waals surface area contributed by atoms with Crippen LogP contribution in [0.2, 0.25) is 0 Å². The zero-order valence-electron chi connectivity index (χ0n) is 31.3. The molecule has 2 aromatic carbocycles. The van der Waals surface area contributed by atoms with Crippen molar-refractivity contribution in [3.8, 4) is 32.0 Å². The van der Waals surface area contributed by atoms with Crippen molar-refractivity contribution < 1.29 is 14.4 Å². The molecule has 274 valence electrons. The quantitative estimate of drug-likeness (QED) is 0.185. The predicted octanol–water partition coefficient (Wildman–Crippen LogP) is 9.30. The summed E-state index contributed by atoms with van der Waals surface area (Å²) in [5.41, 5.74) is 4.09. The Bertz CT molecular complexity index is 1910. The molecule has 3 aliphatic rings. The van der Waals surface area contributed by atoms with Crippen molar-refractivity contribution >= 4 is 40.4 Å². The number of carbonyl (C=O) groups is 3. The molecule has 4 aromatic rings. The van der Waals surface area contributed by atoms with Gasteiger partial charge in [0.1, 0.15) is 16.1 Å². The zero-order chi connectivity index (χ0) is 36.8. The van der Waals surface area contributed by atoms with E-state index in [4.69, 9.17) is 9.97 Å². The minimum Gasteiger partial charge on any atom is -0.344 e. The lowest BCUT2D eigenvalue weighted by Gasteiger charge is -2.35. The van der Waals surface area contributed by atoms with Crippen LogP contribution in [0.3, 0.4) is 0 Å². The molecule has 7 rings (SSSR count). The van der Waals surface area contributed by atoms with Gasteiger partial charge in [-0.1, -0.05) is 90.1 Å². The van der Waals surface area contributed by atoms with E-state index in [1.54, 1.807) is 22.7 Å². The van der Waals surface area contributed by atoms with Gasteiger partial charge in [0.2, 0.25) is 17.7 Å². The molecule has 52 heavy (non-hydrogen) atoms. The minimum absolute atomic E-state index is 0.00421. The Hall–Kier alpha value is -3.89. The third kappa shape index (κ3) is 8.03. The van der Waals surface area contributed by atoms with Gasteiger partial charge in [-0.3, -0.25) is 14.4 Å². The predicted molar refractivity (Wildman–Crippen MR) is 210 cm³/mol. The van der Waals surface area contributed by atoms with Crippen LogP contribution in [0.1, 0.15) is 109 Å². The maximum atomic E-state index is 13.9.